The van der Waals surface area contributed by atoms with E-state index in [-0.39, 0.29) is 0 Å². The lowest BCUT2D eigenvalue weighted by molar-refractivity contribution is 0.599. The molecule has 1 aromatic carbocycles. The highest BCUT2D eigenvalue weighted by atomic mass is 32.2. The van der Waals surface area contributed by atoms with Gasteiger partial charge in [-0.2, -0.15) is 0 Å². The quantitative estimate of drug-likeness (QED) is 0.786. The summed E-state index contributed by atoms with van der Waals surface area (Å²) in [5.41, 5.74) is 1.34. The van der Waals surface area contributed by atoms with Crippen LogP contribution in [0, 0.1) is 0 Å². The Hall–Kier alpha value is -1.34. The first-order valence-corrected chi connectivity index (χ1v) is 9.11. The molecule has 0 saturated heterocycles. The van der Waals surface area contributed by atoms with Crippen LogP contribution >= 0.6 is 12.2 Å². The number of anilines is 2. The molecule has 5 nitrogen and oxygen atoms in total. The molecule has 118 valence electrons. The third kappa shape index (κ3) is 5.89. The van der Waals surface area contributed by atoms with Gasteiger partial charge in [0, 0.05) is 18.8 Å². The molecule has 0 amide bonds. The smallest absolute Gasteiger partial charge is 0.231 e. The summed E-state index contributed by atoms with van der Waals surface area (Å²) in [7, 11) is -1.75. The molecular formula is C14H23N3O2S2. The lowest BCUT2D eigenvalue weighted by Crippen LogP contribution is -2.35. The minimum Gasteiger partial charge on any atom is -0.360 e. The summed E-state index contributed by atoms with van der Waals surface area (Å²) < 4.78 is 24.3. The summed E-state index contributed by atoms with van der Waals surface area (Å²) in [6, 6.07) is 7.43. The van der Waals surface area contributed by atoms with E-state index in [1.807, 2.05) is 6.07 Å². The van der Waals surface area contributed by atoms with Gasteiger partial charge >= 0.3 is 0 Å². The van der Waals surface area contributed by atoms with Crippen molar-refractivity contribution in [1.82, 2.24) is 5.32 Å². The third-order valence-electron chi connectivity index (χ3n) is 3.06. The van der Waals surface area contributed by atoms with Gasteiger partial charge in [-0.15, -0.1) is 0 Å². The largest absolute Gasteiger partial charge is 0.360 e. The van der Waals surface area contributed by atoms with E-state index in [0.717, 1.165) is 18.5 Å². The molecule has 21 heavy (non-hydrogen) atoms. The minimum atomic E-state index is -3.27. The monoisotopic (exact) mass is 329 g/mol. The second kappa shape index (κ2) is 7.61. The van der Waals surface area contributed by atoms with Crippen LogP contribution in [0.25, 0.3) is 0 Å². The van der Waals surface area contributed by atoms with Crippen LogP contribution in [0.5, 0.6) is 0 Å². The van der Waals surface area contributed by atoms with Gasteiger partial charge in [0.05, 0.1) is 11.9 Å². The highest BCUT2D eigenvalue weighted by Gasteiger charge is 2.12. The zero-order valence-corrected chi connectivity index (χ0v) is 14.5. The van der Waals surface area contributed by atoms with Crippen LogP contribution in [0.15, 0.2) is 24.3 Å². The van der Waals surface area contributed by atoms with Crippen molar-refractivity contribution in [3.63, 3.8) is 0 Å². The Kier molecular flexibility index (Phi) is 6.42. The molecule has 0 spiro atoms. The number of sulfonamides is 1. The number of rotatable bonds is 6. The van der Waals surface area contributed by atoms with E-state index in [4.69, 9.17) is 12.2 Å². The summed E-state index contributed by atoms with van der Waals surface area (Å²) in [5, 5.41) is 6.81. The zero-order valence-electron chi connectivity index (χ0n) is 12.9. The summed E-state index contributed by atoms with van der Waals surface area (Å²) in [5.74, 6) is 0. The number of benzene rings is 1. The van der Waals surface area contributed by atoms with Crippen molar-refractivity contribution in [1.29, 1.82) is 0 Å². The van der Waals surface area contributed by atoms with Crippen molar-refractivity contribution in [2.75, 3.05) is 22.9 Å². The molecule has 1 aromatic rings. The van der Waals surface area contributed by atoms with Crippen molar-refractivity contribution in [3.8, 4) is 0 Å². The van der Waals surface area contributed by atoms with Gasteiger partial charge in [-0.3, -0.25) is 4.31 Å². The molecule has 0 aliphatic carbocycles. The number of nitrogens with zero attached hydrogens (tertiary/aromatic N) is 1. The molecule has 0 heterocycles. The van der Waals surface area contributed by atoms with Crippen molar-refractivity contribution in [2.45, 2.75) is 32.7 Å². The number of thiocarbonyl (C=S) groups is 1. The maximum absolute atomic E-state index is 11.5. The first kappa shape index (κ1) is 17.7. The van der Waals surface area contributed by atoms with E-state index in [1.54, 1.807) is 18.2 Å². The average Bonchev–Trinajstić information content (AvgIpc) is 2.37. The fraction of sp³-hybridized carbons (Fsp3) is 0.500. The average molecular weight is 329 g/mol. The Bertz CT molecular complexity index is 588. The lowest BCUT2D eigenvalue weighted by Gasteiger charge is -2.19. The normalized spacial score (nSPS) is 12.6. The molecule has 1 atom stereocenters. The summed E-state index contributed by atoms with van der Waals surface area (Å²) in [4.78, 5) is 0. The van der Waals surface area contributed by atoms with Gasteiger partial charge in [0.15, 0.2) is 5.11 Å². The second-order valence-corrected chi connectivity index (χ2v) is 7.49. The van der Waals surface area contributed by atoms with Gasteiger partial charge in [-0.05, 0) is 43.8 Å². The van der Waals surface area contributed by atoms with Crippen LogP contribution < -0.4 is 14.9 Å². The van der Waals surface area contributed by atoms with Crippen molar-refractivity contribution in [3.05, 3.63) is 24.3 Å². The molecule has 0 saturated carbocycles. The molecule has 0 aromatic heterocycles. The van der Waals surface area contributed by atoms with Crippen molar-refractivity contribution >= 4 is 38.7 Å². The van der Waals surface area contributed by atoms with Crippen LogP contribution in [0.1, 0.15) is 26.7 Å². The molecule has 0 aliphatic rings. The molecule has 0 fully saturated rings. The molecule has 7 heteroatoms. The topological polar surface area (TPSA) is 61.4 Å². The van der Waals surface area contributed by atoms with E-state index < -0.39 is 10.0 Å². The molecular weight excluding hydrogens is 306 g/mol. The fourth-order valence-corrected chi connectivity index (χ4v) is 2.68. The molecule has 2 N–H and O–H groups in total. The Morgan fingerprint density at radius 1 is 1.43 bits per heavy atom. The molecule has 0 radical (unpaired) electrons. The zero-order chi connectivity index (χ0) is 16.0. The van der Waals surface area contributed by atoms with Gasteiger partial charge < -0.3 is 10.6 Å². The van der Waals surface area contributed by atoms with Gasteiger partial charge in [0.2, 0.25) is 10.0 Å². The maximum atomic E-state index is 11.5. The third-order valence-corrected chi connectivity index (χ3v) is 4.49. The van der Waals surface area contributed by atoms with Crippen molar-refractivity contribution < 1.29 is 8.42 Å². The number of nitrogens with one attached hydrogen (secondary N) is 2. The van der Waals surface area contributed by atoms with Crippen molar-refractivity contribution in [2.24, 2.45) is 0 Å². The van der Waals surface area contributed by atoms with Gasteiger partial charge in [-0.25, -0.2) is 8.42 Å². The van der Waals surface area contributed by atoms with E-state index in [2.05, 4.69) is 24.5 Å². The molecule has 0 unspecified atom stereocenters. The van der Waals surface area contributed by atoms with Crippen LogP contribution in [0.2, 0.25) is 0 Å². The molecule has 0 aliphatic heterocycles. The van der Waals surface area contributed by atoms with Crippen LogP contribution in [-0.4, -0.2) is 32.9 Å². The maximum Gasteiger partial charge on any atom is 0.231 e. The van der Waals surface area contributed by atoms with Gasteiger partial charge in [0.1, 0.15) is 0 Å². The standard InChI is InChI=1S/C14H23N3O2S2/c1-5-7-11(2)15-14(20)16-12-8-6-9-13(10-12)17(3)21(4,18)19/h6,8-11H,5,7H2,1-4H3,(H2,15,16,20)/t11-/m1/s1. The van der Waals surface area contributed by atoms with Crippen LogP contribution in [0.3, 0.4) is 0 Å². The predicted molar refractivity (Wildman–Crippen MR) is 93.4 cm³/mol. The van der Waals surface area contributed by atoms with Crippen LogP contribution in [0.4, 0.5) is 11.4 Å². The Morgan fingerprint density at radius 2 is 2.10 bits per heavy atom. The van der Waals surface area contributed by atoms with E-state index in [1.165, 1.54) is 17.6 Å². The summed E-state index contributed by atoms with van der Waals surface area (Å²) in [6.07, 6.45) is 3.30. The minimum absolute atomic E-state index is 0.303. The summed E-state index contributed by atoms with van der Waals surface area (Å²) in [6.45, 7) is 4.20. The number of hydrogen-bond acceptors (Lipinski definition) is 3. The first-order chi connectivity index (χ1) is 9.74. The first-order valence-electron chi connectivity index (χ1n) is 6.85. The van der Waals surface area contributed by atoms with Crippen LogP contribution in [-0.2, 0) is 10.0 Å². The predicted octanol–water partition coefficient (Wildman–Crippen LogP) is 2.56. The molecule has 0 bridgehead atoms. The van der Waals surface area contributed by atoms with E-state index in [0.29, 0.717) is 16.8 Å². The number of hydrogen-bond donors (Lipinski definition) is 2. The highest BCUT2D eigenvalue weighted by Crippen LogP contribution is 2.20. The van der Waals surface area contributed by atoms with Gasteiger partial charge in [-0.1, -0.05) is 19.4 Å². The molecule has 1 rings (SSSR count). The second-order valence-electron chi connectivity index (χ2n) is 5.07. The highest BCUT2D eigenvalue weighted by molar-refractivity contribution is 7.92. The van der Waals surface area contributed by atoms with E-state index >= 15 is 0 Å². The Morgan fingerprint density at radius 3 is 2.67 bits per heavy atom. The van der Waals surface area contributed by atoms with E-state index in [9.17, 15) is 8.42 Å². The van der Waals surface area contributed by atoms with Gasteiger partial charge in [0.25, 0.3) is 0 Å². The fourth-order valence-electron chi connectivity index (χ4n) is 1.87. The summed E-state index contributed by atoms with van der Waals surface area (Å²) >= 11 is 5.25. The SMILES string of the molecule is CCC[C@@H](C)NC(=S)Nc1cccc(N(C)S(C)(=O)=O)c1. The Labute approximate surface area is 132 Å². The lowest BCUT2D eigenvalue weighted by atomic mass is 10.2. The Balaban J connectivity index is 2.75.